The van der Waals surface area contributed by atoms with Crippen molar-refractivity contribution in [3.8, 4) is 0 Å². The molecule has 2 aliphatic carbocycles. The van der Waals surface area contributed by atoms with Crippen LogP contribution in [0.4, 0.5) is 0 Å². The first kappa shape index (κ1) is 14.1. The minimum atomic E-state index is 0.306. The Morgan fingerprint density at radius 3 is 2.44 bits per heavy atom. The topological polar surface area (TPSA) is 23.5 Å². The highest BCUT2D eigenvalue weighted by molar-refractivity contribution is 4.98. The lowest BCUT2D eigenvalue weighted by Crippen LogP contribution is -2.45. The van der Waals surface area contributed by atoms with Crippen LogP contribution in [0.5, 0.6) is 0 Å². The van der Waals surface area contributed by atoms with E-state index in [-0.39, 0.29) is 0 Å². The Kier molecular flexibility index (Phi) is 6.22. The summed E-state index contributed by atoms with van der Waals surface area (Å²) in [4.78, 5) is 2.60. The van der Waals surface area contributed by atoms with Crippen molar-refractivity contribution in [1.82, 2.24) is 4.90 Å². The summed E-state index contributed by atoms with van der Waals surface area (Å²) in [5, 5.41) is 9.36. The third-order valence-electron chi connectivity index (χ3n) is 4.56. The van der Waals surface area contributed by atoms with Gasteiger partial charge in [-0.05, 0) is 32.1 Å². The molecule has 2 aliphatic rings. The van der Waals surface area contributed by atoms with Crippen LogP contribution in [0, 0.1) is 0 Å². The van der Waals surface area contributed by atoms with Crippen LogP contribution >= 0.6 is 0 Å². The second-order valence-electron chi connectivity index (χ2n) is 5.89. The van der Waals surface area contributed by atoms with E-state index in [2.05, 4.69) is 17.1 Å². The molecular weight excluding hydrogens is 222 g/mol. The van der Waals surface area contributed by atoms with Gasteiger partial charge in [-0.2, -0.15) is 0 Å². The molecule has 0 aromatic heterocycles. The predicted octanol–water partition coefficient (Wildman–Crippen LogP) is 3.50. The van der Waals surface area contributed by atoms with Crippen LogP contribution in [0.25, 0.3) is 0 Å². The van der Waals surface area contributed by atoms with Crippen molar-refractivity contribution in [2.75, 3.05) is 13.2 Å². The zero-order valence-corrected chi connectivity index (χ0v) is 11.7. The Balaban J connectivity index is 1.99. The zero-order valence-electron chi connectivity index (χ0n) is 11.7. The molecule has 2 rings (SSSR count). The number of aliphatic hydroxyl groups is 1. The largest absolute Gasteiger partial charge is 0.395 e. The van der Waals surface area contributed by atoms with E-state index in [0.29, 0.717) is 12.6 Å². The summed E-state index contributed by atoms with van der Waals surface area (Å²) in [7, 11) is 0. The molecule has 1 N–H and O–H groups in total. The Bertz CT molecular complexity index is 245. The highest BCUT2D eigenvalue weighted by Crippen LogP contribution is 2.27. The molecule has 0 bridgehead atoms. The summed E-state index contributed by atoms with van der Waals surface area (Å²) >= 11 is 0. The Hall–Kier alpha value is -0.340. The Morgan fingerprint density at radius 2 is 1.67 bits per heavy atom. The molecule has 2 heteroatoms. The van der Waals surface area contributed by atoms with Gasteiger partial charge in [0.2, 0.25) is 0 Å². The summed E-state index contributed by atoms with van der Waals surface area (Å²) in [6.07, 6.45) is 18.2. The van der Waals surface area contributed by atoms with Crippen LogP contribution in [0.2, 0.25) is 0 Å². The standard InChI is InChI=1S/C16H29NO/c18-14-13-17(16-11-7-4-8-12-16)15-9-5-2-1-3-6-10-15/h5,9,15-16,18H,1-4,6-8,10-14H2/b9-5+. The number of hydrogen-bond acceptors (Lipinski definition) is 2. The van der Waals surface area contributed by atoms with Crippen LogP contribution in [0.3, 0.4) is 0 Å². The lowest BCUT2D eigenvalue weighted by molar-refractivity contribution is 0.0931. The van der Waals surface area contributed by atoms with Crippen molar-refractivity contribution < 1.29 is 5.11 Å². The first-order valence-electron chi connectivity index (χ1n) is 7.95. The molecule has 0 aromatic carbocycles. The Labute approximate surface area is 112 Å². The smallest absolute Gasteiger partial charge is 0.0558 e. The fraction of sp³-hybridized carbons (Fsp3) is 0.875. The maximum Gasteiger partial charge on any atom is 0.0558 e. The van der Waals surface area contributed by atoms with Gasteiger partial charge < -0.3 is 5.11 Å². The minimum absolute atomic E-state index is 0.306. The van der Waals surface area contributed by atoms with E-state index >= 15 is 0 Å². The predicted molar refractivity (Wildman–Crippen MR) is 76.7 cm³/mol. The van der Waals surface area contributed by atoms with Crippen molar-refractivity contribution in [1.29, 1.82) is 0 Å². The quantitative estimate of drug-likeness (QED) is 0.773. The molecule has 0 amide bonds. The maximum atomic E-state index is 9.36. The molecule has 104 valence electrons. The Morgan fingerprint density at radius 1 is 0.944 bits per heavy atom. The molecule has 1 unspecified atom stereocenters. The molecule has 0 spiro atoms. The van der Waals surface area contributed by atoms with Gasteiger partial charge in [0, 0.05) is 18.6 Å². The van der Waals surface area contributed by atoms with Gasteiger partial charge in [0.15, 0.2) is 0 Å². The number of aliphatic hydroxyl groups excluding tert-OH is 1. The number of nitrogens with zero attached hydrogens (tertiary/aromatic N) is 1. The number of rotatable bonds is 4. The van der Waals surface area contributed by atoms with E-state index < -0.39 is 0 Å². The molecular formula is C16H29NO. The first-order valence-corrected chi connectivity index (χ1v) is 7.95. The van der Waals surface area contributed by atoms with E-state index in [1.165, 1.54) is 64.2 Å². The summed E-state index contributed by atoms with van der Waals surface area (Å²) in [5.74, 6) is 0. The second kappa shape index (κ2) is 7.96. The second-order valence-corrected chi connectivity index (χ2v) is 5.89. The summed E-state index contributed by atoms with van der Waals surface area (Å²) in [5.41, 5.74) is 0. The fourth-order valence-corrected chi connectivity index (χ4v) is 3.57. The van der Waals surface area contributed by atoms with E-state index in [9.17, 15) is 5.11 Å². The molecule has 0 saturated heterocycles. The van der Waals surface area contributed by atoms with Crippen molar-refractivity contribution in [2.45, 2.75) is 76.3 Å². The van der Waals surface area contributed by atoms with Crippen molar-refractivity contribution in [2.24, 2.45) is 0 Å². The van der Waals surface area contributed by atoms with E-state index in [0.717, 1.165) is 12.6 Å². The minimum Gasteiger partial charge on any atom is -0.395 e. The zero-order chi connectivity index (χ0) is 12.6. The summed E-state index contributed by atoms with van der Waals surface area (Å²) in [6.45, 7) is 1.17. The van der Waals surface area contributed by atoms with Gasteiger partial charge in [-0.25, -0.2) is 0 Å². The first-order chi connectivity index (χ1) is 8.92. The third-order valence-corrected chi connectivity index (χ3v) is 4.56. The van der Waals surface area contributed by atoms with Crippen molar-refractivity contribution in [3.63, 3.8) is 0 Å². The third kappa shape index (κ3) is 4.10. The molecule has 18 heavy (non-hydrogen) atoms. The van der Waals surface area contributed by atoms with Gasteiger partial charge in [0.1, 0.15) is 0 Å². The highest BCUT2D eigenvalue weighted by atomic mass is 16.3. The summed E-state index contributed by atoms with van der Waals surface area (Å²) in [6, 6.07) is 1.31. The van der Waals surface area contributed by atoms with Gasteiger partial charge in [-0.15, -0.1) is 0 Å². The molecule has 1 atom stereocenters. The van der Waals surface area contributed by atoms with Gasteiger partial charge in [0.25, 0.3) is 0 Å². The van der Waals surface area contributed by atoms with E-state index in [1.807, 2.05) is 0 Å². The van der Waals surface area contributed by atoms with Crippen LogP contribution in [-0.2, 0) is 0 Å². The number of hydrogen-bond donors (Lipinski definition) is 1. The van der Waals surface area contributed by atoms with Crippen molar-refractivity contribution in [3.05, 3.63) is 12.2 Å². The molecule has 0 aromatic rings. The molecule has 0 radical (unpaired) electrons. The molecule has 1 fully saturated rings. The molecule has 2 nitrogen and oxygen atoms in total. The molecule has 1 saturated carbocycles. The SMILES string of the molecule is OCCN(C1/C=C/CCCCC1)C1CCCCC1. The van der Waals surface area contributed by atoms with Crippen molar-refractivity contribution >= 4 is 0 Å². The molecule has 0 heterocycles. The van der Waals surface area contributed by atoms with Gasteiger partial charge in [0.05, 0.1) is 6.61 Å². The van der Waals surface area contributed by atoms with Crippen LogP contribution in [0.1, 0.15) is 64.2 Å². The van der Waals surface area contributed by atoms with Gasteiger partial charge in [-0.3, -0.25) is 4.90 Å². The van der Waals surface area contributed by atoms with E-state index in [1.54, 1.807) is 0 Å². The highest BCUT2D eigenvalue weighted by Gasteiger charge is 2.25. The van der Waals surface area contributed by atoms with Crippen LogP contribution < -0.4 is 0 Å². The number of allylic oxidation sites excluding steroid dienone is 1. The fourth-order valence-electron chi connectivity index (χ4n) is 3.57. The van der Waals surface area contributed by atoms with Gasteiger partial charge in [-0.1, -0.05) is 44.3 Å². The average molecular weight is 251 g/mol. The van der Waals surface area contributed by atoms with E-state index in [4.69, 9.17) is 0 Å². The molecule has 0 aliphatic heterocycles. The lowest BCUT2D eigenvalue weighted by atomic mass is 9.91. The normalized spacial score (nSPS) is 28.9. The van der Waals surface area contributed by atoms with Crippen LogP contribution in [0.15, 0.2) is 12.2 Å². The van der Waals surface area contributed by atoms with Crippen LogP contribution in [-0.4, -0.2) is 35.2 Å². The van der Waals surface area contributed by atoms with Gasteiger partial charge >= 0.3 is 0 Å². The monoisotopic (exact) mass is 251 g/mol. The summed E-state index contributed by atoms with van der Waals surface area (Å²) < 4.78 is 0. The average Bonchev–Trinajstić information content (AvgIpc) is 2.38. The lowest BCUT2D eigenvalue weighted by Gasteiger charge is -2.39. The maximum absolute atomic E-state index is 9.36.